The predicted octanol–water partition coefficient (Wildman–Crippen LogP) is 4.24. The fraction of sp³-hybridized carbons (Fsp3) is 0.550. The first-order chi connectivity index (χ1) is 11.8. The van der Waals surface area contributed by atoms with Gasteiger partial charge in [-0.1, -0.05) is 26.8 Å². The fourth-order valence-electron chi connectivity index (χ4n) is 3.46. The Labute approximate surface area is 150 Å². The van der Waals surface area contributed by atoms with Crippen LogP contribution in [0.4, 0.5) is 0 Å². The van der Waals surface area contributed by atoms with Crippen LogP contribution in [0, 0.1) is 5.41 Å². The zero-order valence-electron chi connectivity index (χ0n) is 15.9. The van der Waals surface area contributed by atoms with Crippen molar-refractivity contribution in [1.29, 1.82) is 0 Å². The van der Waals surface area contributed by atoms with Gasteiger partial charge in [-0.3, -0.25) is 9.48 Å². The highest BCUT2D eigenvalue weighted by molar-refractivity contribution is 5.82. The van der Waals surface area contributed by atoms with Crippen molar-refractivity contribution in [2.24, 2.45) is 5.41 Å². The maximum atomic E-state index is 12.8. The summed E-state index contributed by atoms with van der Waals surface area (Å²) in [5.41, 5.74) is 2.54. The molecule has 25 heavy (non-hydrogen) atoms. The minimum absolute atomic E-state index is 0.0714. The van der Waals surface area contributed by atoms with Gasteiger partial charge in [0.2, 0.25) is 5.91 Å². The van der Waals surface area contributed by atoms with Crippen LogP contribution in [-0.2, 0) is 4.79 Å². The quantitative estimate of drug-likeness (QED) is 0.840. The van der Waals surface area contributed by atoms with E-state index < -0.39 is 0 Å². The Morgan fingerprint density at radius 1 is 1.24 bits per heavy atom. The van der Waals surface area contributed by atoms with Gasteiger partial charge in [0.1, 0.15) is 0 Å². The minimum Gasteiger partial charge on any atom is -0.334 e. The lowest BCUT2D eigenvalue weighted by Crippen LogP contribution is -2.39. The second-order valence-corrected chi connectivity index (χ2v) is 8.11. The molecule has 0 bridgehead atoms. The smallest absolute Gasteiger partial charge is 0.228 e. The lowest BCUT2D eigenvalue weighted by Gasteiger charge is -2.30. The molecule has 0 aromatic carbocycles. The summed E-state index contributed by atoms with van der Waals surface area (Å²) in [6.45, 7) is 11.0. The summed E-state index contributed by atoms with van der Waals surface area (Å²) >= 11 is 0. The number of likely N-dealkylation sites (tertiary alicyclic amines) is 1. The van der Waals surface area contributed by atoms with Crippen molar-refractivity contribution in [2.75, 3.05) is 6.54 Å². The molecule has 0 unspecified atom stereocenters. The molecule has 0 radical (unpaired) electrons. The first-order valence-electron chi connectivity index (χ1n) is 9.11. The summed E-state index contributed by atoms with van der Waals surface area (Å²) in [5.74, 6) is 0.203. The van der Waals surface area contributed by atoms with Gasteiger partial charge in [0.25, 0.3) is 0 Å². The van der Waals surface area contributed by atoms with Gasteiger partial charge >= 0.3 is 0 Å². The molecule has 5 heteroatoms. The Morgan fingerprint density at radius 2 is 2.00 bits per heavy atom. The lowest BCUT2D eigenvalue weighted by molar-refractivity contribution is -0.140. The van der Waals surface area contributed by atoms with E-state index in [-0.39, 0.29) is 23.4 Å². The standard InChI is InChI=1S/C20H28N4O/c1-14(2)24-18(11-12-21-24)16-9-6-8-15(22-16)17-10-7-13-23(17)19(25)20(3,4)5/h6,8-9,11-12,14,17H,7,10,13H2,1-5H3/t17-/m0/s1. The van der Waals surface area contributed by atoms with Gasteiger partial charge in [0.05, 0.1) is 23.1 Å². The molecule has 0 saturated carbocycles. The van der Waals surface area contributed by atoms with Gasteiger partial charge in [0, 0.05) is 24.2 Å². The largest absolute Gasteiger partial charge is 0.334 e. The second kappa shape index (κ2) is 6.62. The number of hydrogen-bond donors (Lipinski definition) is 0. The molecule has 0 N–H and O–H groups in total. The number of carbonyl (C=O) groups is 1. The van der Waals surface area contributed by atoms with Gasteiger partial charge in [-0.15, -0.1) is 0 Å². The molecule has 2 aromatic heterocycles. The molecule has 1 aliphatic rings. The van der Waals surface area contributed by atoms with Crippen molar-refractivity contribution >= 4 is 5.91 Å². The van der Waals surface area contributed by atoms with E-state index in [1.807, 2.05) is 60.8 Å². The summed E-state index contributed by atoms with van der Waals surface area (Å²) in [6, 6.07) is 8.44. The van der Waals surface area contributed by atoms with Gasteiger partial charge < -0.3 is 4.90 Å². The molecule has 3 heterocycles. The Balaban J connectivity index is 1.94. The number of carbonyl (C=O) groups excluding carboxylic acids is 1. The van der Waals surface area contributed by atoms with E-state index in [9.17, 15) is 4.79 Å². The number of pyridine rings is 1. The number of aromatic nitrogens is 3. The summed E-state index contributed by atoms with van der Waals surface area (Å²) in [6.07, 6.45) is 3.82. The van der Waals surface area contributed by atoms with Gasteiger partial charge in [0.15, 0.2) is 0 Å². The molecule has 0 aliphatic carbocycles. The number of rotatable bonds is 3. The minimum atomic E-state index is -0.365. The van der Waals surface area contributed by atoms with Crippen LogP contribution in [0.3, 0.4) is 0 Å². The molecule has 0 spiro atoms. The summed E-state index contributed by atoms with van der Waals surface area (Å²) in [4.78, 5) is 19.7. The van der Waals surface area contributed by atoms with Crippen molar-refractivity contribution in [3.8, 4) is 11.4 Å². The van der Waals surface area contributed by atoms with Gasteiger partial charge in [-0.25, -0.2) is 4.98 Å². The van der Waals surface area contributed by atoms with Crippen molar-refractivity contribution in [3.05, 3.63) is 36.2 Å². The summed E-state index contributed by atoms with van der Waals surface area (Å²) in [7, 11) is 0. The second-order valence-electron chi connectivity index (χ2n) is 8.11. The third kappa shape index (κ3) is 3.46. The monoisotopic (exact) mass is 340 g/mol. The predicted molar refractivity (Wildman–Crippen MR) is 99.0 cm³/mol. The van der Waals surface area contributed by atoms with Crippen LogP contribution in [-0.4, -0.2) is 32.1 Å². The first kappa shape index (κ1) is 17.6. The van der Waals surface area contributed by atoms with E-state index in [1.165, 1.54) is 0 Å². The normalized spacial score (nSPS) is 18.2. The maximum Gasteiger partial charge on any atom is 0.228 e. The zero-order valence-corrected chi connectivity index (χ0v) is 15.9. The van der Waals surface area contributed by atoms with Crippen molar-refractivity contribution in [2.45, 2.75) is 59.5 Å². The van der Waals surface area contributed by atoms with Crippen LogP contribution in [0.15, 0.2) is 30.5 Å². The van der Waals surface area contributed by atoms with Crippen LogP contribution in [0.1, 0.15) is 65.2 Å². The van der Waals surface area contributed by atoms with Crippen molar-refractivity contribution in [1.82, 2.24) is 19.7 Å². The van der Waals surface area contributed by atoms with E-state index in [0.29, 0.717) is 0 Å². The van der Waals surface area contributed by atoms with E-state index in [4.69, 9.17) is 4.98 Å². The Morgan fingerprint density at radius 3 is 2.68 bits per heavy atom. The maximum absolute atomic E-state index is 12.8. The molecule has 1 amide bonds. The number of nitrogens with zero attached hydrogens (tertiary/aromatic N) is 4. The highest BCUT2D eigenvalue weighted by atomic mass is 16.2. The van der Waals surface area contributed by atoms with E-state index in [1.54, 1.807) is 0 Å². The van der Waals surface area contributed by atoms with Crippen LogP contribution < -0.4 is 0 Å². The van der Waals surface area contributed by atoms with E-state index in [2.05, 4.69) is 18.9 Å². The first-order valence-corrected chi connectivity index (χ1v) is 9.11. The third-order valence-electron chi connectivity index (χ3n) is 4.69. The summed E-state index contributed by atoms with van der Waals surface area (Å²) < 4.78 is 1.98. The van der Waals surface area contributed by atoms with Crippen molar-refractivity contribution in [3.63, 3.8) is 0 Å². The highest BCUT2D eigenvalue weighted by Crippen LogP contribution is 2.35. The topological polar surface area (TPSA) is 51.0 Å². The Bertz CT molecular complexity index is 757. The average molecular weight is 340 g/mol. The third-order valence-corrected chi connectivity index (χ3v) is 4.69. The van der Waals surface area contributed by atoms with Crippen LogP contribution in [0.25, 0.3) is 11.4 Å². The molecule has 5 nitrogen and oxygen atoms in total. The molecule has 1 fully saturated rings. The summed E-state index contributed by atoms with van der Waals surface area (Å²) in [5, 5.41) is 4.41. The fourth-order valence-corrected chi connectivity index (χ4v) is 3.46. The van der Waals surface area contributed by atoms with Crippen molar-refractivity contribution < 1.29 is 4.79 Å². The molecule has 2 aromatic rings. The molecular formula is C20H28N4O. The van der Waals surface area contributed by atoms with E-state index in [0.717, 1.165) is 36.5 Å². The van der Waals surface area contributed by atoms with Crippen LogP contribution >= 0.6 is 0 Å². The average Bonchev–Trinajstić information content (AvgIpc) is 3.22. The Hall–Kier alpha value is -2.17. The molecular weight excluding hydrogens is 312 g/mol. The SMILES string of the molecule is CC(C)n1nccc1-c1cccc([C@@H]2CCCN2C(=O)C(C)(C)C)n1. The van der Waals surface area contributed by atoms with Gasteiger partial charge in [-0.2, -0.15) is 5.10 Å². The van der Waals surface area contributed by atoms with Crippen LogP contribution in [0.5, 0.6) is 0 Å². The molecule has 3 rings (SSSR count). The van der Waals surface area contributed by atoms with Gasteiger partial charge in [-0.05, 0) is 44.9 Å². The number of hydrogen-bond acceptors (Lipinski definition) is 3. The molecule has 1 aliphatic heterocycles. The van der Waals surface area contributed by atoms with E-state index >= 15 is 0 Å². The molecule has 134 valence electrons. The zero-order chi connectivity index (χ0) is 18.2. The Kier molecular flexibility index (Phi) is 4.67. The highest BCUT2D eigenvalue weighted by Gasteiger charge is 2.36. The number of amides is 1. The van der Waals surface area contributed by atoms with Crippen LogP contribution in [0.2, 0.25) is 0 Å². The lowest BCUT2D eigenvalue weighted by atomic mass is 9.94. The molecule has 1 atom stereocenters. The molecule has 1 saturated heterocycles.